The molecule has 0 heterocycles. The predicted octanol–water partition coefficient (Wildman–Crippen LogP) is 3.80. The van der Waals surface area contributed by atoms with Gasteiger partial charge in [-0.15, -0.1) is 0 Å². The highest BCUT2D eigenvalue weighted by molar-refractivity contribution is 5.84. The van der Waals surface area contributed by atoms with E-state index in [0.29, 0.717) is 5.56 Å². The van der Waals surface area contributed by atoms with Gasteiger partial charge in [0.05, 0.1) is 0 Å². The number of rotatable bonds is 2. The van der Waals surface area contributed by atoms with Crippen molar-refractivity contribution in [3.8, 4) is 22.6 Å². The zero-order valence-corrected chi connectivity index (χ0v) is 9.64. The van der Waals surface area contributed by atoms with Gasteiger partial charge < -0.3 is 10.2 Å². The summed E-state index contributed by atoms with van der Waals surface area (Å²) in [7, 11) is 0. The molecule has 0 saturated heterocycles. The maximum Gasteiger partial charge on any atom is 0.165 e. The average molecular weight is 226 g/mol. The molecule has 2 rings (SSSR count). The quantitative estimate of drug-likeness (QED) is 0.765. The Hall–Kier alpha value is -2.22. The number of benzene rings is 2. The van der Waals surface area contributed by atoms with Crippen LogP contribution in [0.1, 0.15) is 12.5 Å². The topological polar surface area (TPSA) is 40.5 Å². The van der Waals surface area contributed by atoms with E-state index in [1.807, 2.05) is 30.3 Å². The summed E-state index contributed by atoms with van der Waals surface area (Å²) in [4.78, 5) is 0. The fourth-order valence-corrected chi connectivity index (χ4v) is 1.87. The van der Waals surface area contributed by atoms with Gasteiger partial charge in [-0.2, -0.15) is 0 Å². The zero-order chi connectivity index (χ0) is 12.4. The van der Waals surface area contributed by atoms with Crippen LogP contribution in [0.4, 0.5) is 0 Å². The first-order chi connectivity index (χ1) is 8.11. The van der Waals surface area contributed by atoms with E-state index < -0.39 is 0 Å². The van der Waals surface area contributed by atoms with Gasteiger partial charge in [-0.1, -0.05) is 36.9 Å². The first-order valence-electron chi connectivity index (χ1n) is 5.37. The molecule has 17 heavy (non-hydrogen) atoms. The molecule has 2 N–H and O–H groups in total. The normalized spacial score (nSPS) is 10.2. The van der Waals surface area contributed by atoms with E-state index >= 15 is 0 Å². The second kappa shape index (κ2) is 4.34. The molecule has 2 aromatic rings. The smallest absolute Gasteiger partial charge is 0.165 e. The van der Waals surface area contributed by atoms with E-state index in [1.165, 1.54) is 6.07 Å². The Kier molecular flexibility index (Phi) is 2.88. The van der Waals surface area contributed by atoms with Crippen molar-refractivity contribution in [2.24, 2.45) is 0 Å². The van der Waals surface area contributed by atoms with Gasteiger partial charge in [-0.3, -0.25) is 0 Å². The first-order valence-corrected chi connectivity index (χ1v) is 5.37. The van der Waals surface area contributed by atoms with Crippen LogP contribution in [-0.2, 0) is 0 Å². The van der Waals surface area contributed by atoms with Crippen LogP contribution in [0.15, 0.2) is 49.0 Å². The molecule has 0 unspecified atom stereocenters. The second-order valence-electron chi connectivity index (χ2n) is 4.00. The summed E-state index contributed by atoms with van der Waals surface area (Å²) in [6.45, 7) is 5.65. The predicted molar refractivity (Wildman–Crippen MR) is 69.9 cm³/mol. The monoisotopic (exact) mass is 226 g/mol. The van der Waals surface area contributed by atoms with E-state index in [0.717, 1.165) is 16.7 Å². The summed E-state index contributed by atoms with van der Waals surface area (Å²) in [5, 5.41) is 19.4. The number of phenols is 2. The maximum atomic E-state index is 9.90. The van der Waals surface area contributed by atoms with Crippen LogP contribution >= 0.6 is 0 Å². The van der Waals surface area contributed by atoms with Crippen molar-refractivity contribution in [2.45, 2.75) is 6.92 Å². The Morgan fingerprint density at radius 3 is 2.24 bits per heavy atom. The van der Waals surface area contributed by atoms with Crippen LogP contribution in [0.25, 0.3) is 16.7 Å². The molecule has 0 aliphatic carbocycles. The minimum Gasteiger partial charge on any atom is -0.504 e. The third kappa shape index (κ3) is 2.02. The highest BCUT2D eigenvalue weighted by Crippen LogP contribution is 2.39. The van der Waals surface area contributed by atoms with Crippen LogP contribution in [0.2, 0.25) is 0 Å². The standard InChI is InChI=1S/C15H14O2/c1-10(2)14-12(8-9-13(16)15(14)17)11-6-4-3-5-7-11/h3-9,16-17H,1H2,2H3. The molecule has 0 bridgehead atoms. The molecule has 0 aliphatic rings. The van der Waals surface area contributed by atoms with Crippen LogP contribution in [-0.4, -0.2) is 10.2 Å². The molecule has 0 spiro atoms. The van der Waals surface area contributed by atoms with Crippen molar-refractivity contribution in [1.29, 1.82) is 0 Å². The largest absolute Gasteiger partial charge is 0.504 e. The Balaban J connectivity index is 2.71. The fourth-order valence-electron chi connectivity index (χ4n) is 1.87. The van der Waals surface area contributed by atoms with Crippen molar-refractivity contribution in [3.63, 3.8) is 0 Å². The van der Waals surface area contributed by atoms with Gasteiger partial charge in [0, 0.05) is 5.56 Å². The summed E-state index contributed by atoms with van der Waals surface area (Å²) in [6, 6.07) is 13.0. The van der Waals surface area contributed by atoms with E-state index in [9.17, 15) is 10.2 Å². The molecular formula is C15H14O2. The first kappa shape index (κ1) is 11.3. The van der Waals surface area contributed by atoms with E-state index in [2.05, 4.69) is 6.58 Å². The Morgan fingerprint density at radius 1 is 1.00 bits per heavy atom. The fraction of sp³-hybridized carbons (Fsp3) is 0.0667. The third-order valence-electron chi connectivity index (χ3n) is 2.67. The van der Waals surface area contributed by atoms with Gasteiger partial charge in [0.2, 0.25) is 0 Å². The van der Waals surface area contributed by atoms with E-state index in [4.69, 9.17) is 0 Å². The number of phenolic OH excluding ortho intramolecular Hbond substituents is 2. The van der Waals surface area contributed by atoms with Gasteiger partial charge in [0.25, 0.3) is 0 Å². The average Bonchev–Trinajstić information content (AvgIpc) is 2.33. The summed E-state index contributed by atoms with van der Waals surface area (Å²) in [6.07, 6.45) is 0. The molecule has 0 saturated carbocycles. The molecule has 0 fully saturated rings. The Labute approximate surface area is 100 Å². The van der Waals surface area contributed by atoms with Gasteiger partial charge in [-0.05, 0) is 35.8 Å². The second-order valence-corrected chi connectivity index (χ2v) is 4.00. The number of hydrogen-bond donors (Lipinski definition) is 2. The van der Waals surface area contributed by atoms with Crippen LogP contribution in [0.5, 0.6) is 11.5 Å². The summed E-state index contributed by atoms with van der Waals surface area (Å²) >= 11 is 0. The van der Waals surface area contributed by atoms with Gasteiger partial charge in [0.15, 0.2) is 11.5 Å². The Morgan fingerprint density at radius 2 is 1.65 bits per heavy atom. The molecule has 86 valence electrons. The lowest BCUT2D eigenvalue weighted by molar-refractivity contribution is 0.403. The van der Waals surface area contributed by atoms with Crippen molar-refractivity contribution in [2.75, 3.05) is 0 Å². The summed E-state index contributed by atoms with van der Waals surface area (Å²) in [5.41, 5.74) is 3.17. The van der Waals surface area contributed by atoms with E-state index in [1.54, 1.807) is 13.0 Å². The summed E-state index contributed by atoms with van der Waals surface area (Å²) in [5.74, 6) is -0.235. The van der Waals surface area contributed by atoms with Crippen molar-refractivity contribution in [1.82, 2.24) is 0 Å². The Bertz CT molecular complexity index is 557. The van der Waals surface area contributed by atoms with Crippen LogP contribution < -0.4 is 0 Å². The zero-order valence-electron chi connectivity index (χ0n) is 9.64. The highest BCUT2D eigenvalue weighted by atomic mass is 16.3. The number of allylic oxidation sites excluding steroid dienone is 1. The SMILES string of the molecule is C=C(C)c1c(-c2ccccc2)ccc(O)c1O. The molecule has 0 aliphatic heterocycles. The lowest BCUT2D eigenvalue weighted by Gasteiger charge is -2.12. The highest BCUT2D eigenvalue weighted by Gasteiger charge is 2.13. The van der Waals surface area contributed by atoms with E-state index in [-0.39, 0.29) is 11.5 Å². The van der Waals surface area contributed by atoms with Crippen molar-refractivity contribution < 1.29 is 10.2 Å². The summed E-state index contributed by atoms with van der Waals surface area (Å²) < 4.78 is 0. The van der Waals surface area contributed by atoms with Crippen LogP contribution in [0.3, 0.4) is 0 Å². The van der Waals surface area contributed by atoms with Gasteiger partial charge in [0.1, 0.15) is 0 Å². The van der Waals surface area contributed by atoms with Gasteiger partial charge >= 0.3 is 0 Å². The molecule has 0 radical (unpaired) electrons. The minimum absolute atomic E-state index is 0.112. The molecule has 0 aromatic heterocycles. The molecule has 0 amide bonds. The van der Waals surface area contributed by atoms with Crippen LogP contribution in [0, 0.1) is 0 Å². The van der Waals surface area contributed by atoms with Gasteiger partial charge in [-0.25, -0.2) is 0 Å². The number of aromatic hydroxyl groups is 2. The number of hydrogen-bond acceptors (Lipinski definition) is 2. The lowest BCUT2D eigenvalue weighted by Crippen LogP contribution is -1.88. The van der Waals surface area contributed by atoms with Crippen molar-refractivity contribution >= 4 is 5.57 Å². The lowest BCUT2D eigenvalue weighted by atomic mass is 9.94. The third-order valence-corrected chi connectivity index (χ3v) is 2.67. The minimum atomic E-state index is -0.123. The maximum absolute atomic E-state index is 9.90. The molecule has 2 nitrogen and oxygen atoms in total. The molecule has 2 aromatic carbocycles. The van der Waals surface area contributed by atoms with Crippen molar-refractivity contribution in [3.05, 3.63) is 54.6 Å². The molecular weight excluding hydrogens is 212 g/mol. The molecule has 2 heteroatoms. The molecule has 0 atom stereocenters.